The summed E-state index contributed by atoms with van der Waals surface area (Å²) in [7, 11) is -0.809. The number of nitrogens with zero attached hydrogens (tertiary/aromatic N) is 1. The quantitative estimate of drug-likeness (QED) is 0.757. The molecule has 18 heavy (non-hydrogen) atoms. The van der Waals surface area contributed by atoms with Gasteiger partial charge in [-0.15, -0.1) is 0 Å². The third-order valence-electron chi connectivity index (χ3n) is 3.95. The van der Waals surface area contributed by atoms with E-state index < -0.39 is 9.84 Å². The van der Waals surface area contributed by atoms with Crippen molar-refractivity contribution in [3.05, 3.63) is 0 Å². The lowest BCUT2D eigenvalue weighted by molar-refractivity contribution is 0.145. The molecule has 0 aliphatic carbocycles. The van der Waals surface area contributed by atoms with E-state index in [9.17, 15) is 8.42 Å². The summed E-state index contributed by atoms with van der Waals surface area (Å²) in [6.07, 6.45) is 3.01. The maximum Gasteiger partial charge on any atom is 0.151 e. The van der Waals surface area contributed by atoms with Crippen LogP contribution in [-0.4, -0.2) is 57.5 Å². The summed E-state index contributed by atoms with van der Waals surface area (Å²) in [5.41, 5.74) is 0. The van der Waals surface area contributed by atoms with Crippen molar-refractivity contribution in [1.82, 2.24) is 10.2 Å². The molecule has 4 nitrogen and oxygen atoms in total. The molecule has 1 saturated heterocycles. The molecule has 1 aliphatic heterocycles. The van der Waals surface area contributed by atoms with Crippen molar-refractivity contribution < 1.29 is 8.42 Å². The Morgan fingerprint density at radius 1 is 1.28 bits per heavy atom. The lowest BCUT2D eigenvalue weighted by Gasteiger charge is -2.38. The molecule has 5 heteroatoms. The van der Waals surface area contributed by atoms with Crippen LogP contribution in [0.1, 0.15) is 33.1 Å². The van der Waals surface area contributed by atoms with Gasteiger partial charge in [-0.25, -0.2) is 8.42 Å². The standard InChI is InChI=1S/C13H28N2O2S/c1-4-9-18(16,17)10-8-15-7-6-13(14-3)12(5-2)11-15/h12-14H,4-11H2,1-3H3. The van der Waals surface area contributed by atoms with Gasteiger partial charge in [0.1, 0.15) is 0 Å². The Morgan fingerprint density at radius 2 is 2.00 bits per heavy atom. The largest absolute Gasteiger partial charge is 0.317 e. The molecule has 1 N–H and O–H groups in total. The van der Waals surface area contributed by atoms with Crippen LogP contribution in [-0.2, 0) is 9.84 Å². The van der Waals surface area contributed by atoms with Crippen LogP contribution in [0.25, 0.3) is 0 Å². The number of rotatable bonds is 7. The third kappa shape index (κ3) is 4.86. The maximum atomic E-state index is 11.7. The fraction of sp³-hybridized carbons (Fsp3) is 1.00. The SMILES string of the molecule is CCCS(=O)(=O)CCN1CCC(NC)C(CC)C1. The number of sulfone groups is 1. The topological polar surface area (TPSA) is 49.4 Å². The Hall–Kier alpha value is -0.130. The van der Waals surface area contributed by atoms with Crippen LogP contribution in [0.4, 0.5) is 0 Å². The molecule has 0 saturated carbocycles. The molecule has 1 aliphatic rings. The second-order valence-corrected chi connectivity index (χ2v) is 7.61. The molecule has 0 bridgehead atoms. The predicted octanol–water partition coefficient (Wildman–Crippen LogP) is 1.13. The fourth-order valence-electron chi connectivity index (χ4n) is 2.79. The van der Waals surface area contributed by atoms with E-state index in [1.165, 1.54) is 0 Å². The van der Waals surface area contributed by atoms with Gasteiger partial charge in [0.25, 0.3) is 0 Å². The zero-order chi connectivity index (χ0) is 13.6. The molecule has 2 atom stereocenters. The van der Waals surface area contributed by atoms with Gasteiger partial charge >= 0.3 is 0 Å². The number of likely N-dealkylation sites (tertiary alicyclic amines) is 1. The first-order valence-corrected chi connectivity index (χ1v) is 8.94. The van der Waals surface area contributed by atoms with Crippen LogP contribution < -0.4 is 5.32 Å². The first-order chi connectivity index (χ1) is 8.52. The van der Waals surface area contributed by atoms with Gasteiger partial charge in [-0.3, -0.25) is 0 Å². The second-order valence-electron chi connectivity index (χ2n) is 5.30. The highest BCUT2D eigenvalue weighted by molar-refractivity contribution is 7.91. The number of piperidine rings is 1. The summed E-state index contributed by atoms with van der Waals surface area (Å²) in [6, 6.07) is 0.596. The lowest BCUT2D eigenvalue weighted by Crippen LogP contribution is -2.49. The van der Waals surface area contributed by atoms with E-state index in [2.05, 4.69) is 17.1 Å². The predicted molar refractivity (Wildman–Crippen MR) is 76.6 cm³/mol. The smallest absolute Gasteiger partial charge is 0.151 e. The molecular formula is C13H28N2O2S. The second kappa shape index (κ2) is 7.46. The van der Waals surface area contributed by atoms with Crippen molar-refractivity contribution in [1.29, 1.82) is 0 Å². The zero-order valence-corrected chi connectivity index (χ0v) is 12.8. The average molecular weight is 276 g/mol. The Kier molecular flexibility index (Phi) is 6.60. The molecule has 2 unspecified atom stereocenters. The van der Waals surface area contributed by atoms with Crippen LogP contribution in [0.3, 0.4) is 0 Å². The van der Waals surface area contributed by atoms with E-state index in [0.29, 0.717) is 30.0 Å². The minimum absolute atomic E-state index is 0.321. The van der Waals surface area contributed by atoms with Crippen LogP contribution >= 0.6 is 0 Å². The van der Waals surface area contributed by atoms with Crippen LogP contribution in [0, 0.1) is 5.92 Å². The molecule has 0 spiro atoms. The number of nitrogens with one attached hydrogen (secondary N) is 1. The van der Waals surface area contributed by atoms with Gasteiger partial charge in [-0.2, -0.15) is 0 Å². The van der Waals surface area contributed by atoms with E-state index in [-0.39, 0.29) is 0 Å². The molecule has 0 aromatic rings. The normalized spacial score (nSPS) is 26.4. The van der Waals surface area contributed by atoms with Gasteiger partial charge in [-0.1, -0.05) is 20.3 Å². The molecule has 0 amide bonds. The van der Waals surface area contributed by atoms with Gasteiger partial charge in [0.2, 0.25) is 0 Å². The van der Waals surface area contributed by atoms with E-state index in [0.717, 1.165) is 32.4 Å². The molecule has 0 aromatic carbocycles. The van der Waals surface area contributed by atoms with Crippen molar-refractivity contribution >= 4 is 9.84 Å². The highest BCUT2D eigenvalue weighted by atomic mass is 32.2. The van der Waals surface area contributed by atoms with Gasteiger partial charge in [0.05, 0.1) is 5.75 Å². The van der Waals surface area contributed by atoms with Crippen molar-refractivity contribution in [3.8, 4) is 0 Å². The first kappa shape index (κ1) is 15.9. The summed E-state index contributed by atoms with van der Waals surface area (Å²) in [4.78, 5) is 2.31. The van der Waals surface area contributed by atoms with Crippen molar-refractivity contribution in [2.75, 3.05) is 38.2 Å². The van der Waals surface area contributed by atoms with E-state index in [1.807, 2.05) is 14.0 Å². The Balaban J connectivity index is 2.41. The van der Waals surface area contributed by atoms with Crippen LogP contribution in [0.5, 0.6) is 0 Å². The van der Waals surface area contributed by atoms with Gasteiger partial charge < -0.3 is 10.2 Å². The van der Waals surface area contributed by atoms with Crippen LogP contribution in [0.15, 0.2) is 0 Å². The summed E-state index contributed by atoms with van der Waals surface area (Å²) >= 11 is 0. The summed E-state index contributed by atoms with van der Waals surface area (Å²) in [5, 5.41) is 3.37. The molecule has 0 aromatic heterocycles. The van der Waals surface area contributed by atoms with E-state index in [1.54, 1.807) is 0 Å². The molecule has 0 radical (unpaired) electrons. The minimum Gasteiger partial charge on any atom is -0.317 e. The zero-order valence-electron chi connectivity index (χ0n) is 12.0. The summed E-state index contributed by atoms with van der Waals surface area (Å²) < 4.78 is 23.4. The Bertz CT molecular complexity index is 330. The van der Waals surface area contributed by atoms with Gasteiger partial charge in [0, 0.05) is 24.9 Å². The van der Waals surface area contributed by atoms with Crippen LogP contribution in [0.2, 0.25) is 0 Å². The monoisotopic (exact) mass is 276 g/mol. The van der Waals surface area contributed by atoms with Gasteiger partial charge in [0.15, 0.2) is 9.84 Å². The number of hydrogen-bond acceptors (Lipinski definition) is 4. The van der Waals surface area contributed by atoms with E-state index in [4.69, 9.17) is 0 Å². The lowest BCUT2D eigenvalue weighted by atomic mass is 9.90. The highest BCUT2D eigenvalue weighted by Gasteiger charge is 2.27. The Morgan fingerprint density at radius 3 is 2.56 bits per heavy atom. The maximum absolute atomic E-state index is 11.7. The summed E-state index contributed by atoms with van der Waals surface area (Å²) in [6.45, 7) is 6.89. The van der Waals surface area contributed by atoms with E-state index >= 15 is 0 Å². The molecule has 108 valence electrons. The average Bonchev–Trinajstić information content (AvgIpc) is 2.36. The summed E-state index contributed by atoms with van der Waals surface area (Å²) in [5.74, 6) is 1.30. The highest BCUT2D eigenvalue weighted by Crippen LogP contribution is 2.19. The molecule has 1 rings (SSSR count). The number of hydrogen-bond donors (Lipinski definition) is 1. The van der Waals surface area contributed by atoms with Crippen molar-refractivity contribution in [2.45, 2.75) is 39.2 Å². The molecular weight excluding hydrogens is 248 g/mol. The molecule has 1 heterocycles. The van der Waals surface area contributed by atoms with Gasteiger partial charge in [-0.05, 0) is 32.4 Å². The molecule has 1 fully saturated rings. The third-order valence-corrected chi connectivity index (χ3v) is 5.78. The Labute approximate surface area is 112 Å². The van der Waals surface area contributed by atoms with Crippen molar-refractivity contribution in [2.24, 2.45) is 5.92 Å². The fourth-order valence-corrected chi connectivity index (χ4v) is 4.15. The first-order valence-electron chi connectivity index (χ1n) is 7.12. The van der Waals surface area contributed by atoms with Crippen molar-refractivity contribution in [3.63, 3.8) is 0 Å². The minimum atomic E-state index is -2.83.